The molecule has 0 aliphatic carbocycles. The molecule has 1 amide bonds. The van der Waals surface area contributed by atoms with Gasteiger partial charge in [0.05, 0.1) is 11.0 Å². The van der Waals surface area contributed by atoms with Crippen LogP contribution in [0.4, 0.5) is 5.69 Å². The average molecular weight is 441 g/mol. The molecule has 1 atom stereocenters. The number of amides is 1. The zero-order valence-corrected chi connectivity index (χ0v) is 19.5. The highest BCUT2D eigenvalue weighted by Gasteiger charge is 2.22. The Bertz CT molecular complexity index is 985. The molecule has 158 valence electrons. The van der Waals surface area contributed by atoms with Crippen molar-refractivity contribution in [1.29, 1.82) is 0 Å². The van der Waals surface area contributed by atoms with Crippen LogP contribution < -0.4 is 5.32 Å². The van der Waals surface area contributed by atoms with Gasteiger partial charge in [0.2, 0.25) is 5.91 Å². The third kappa shape index (κ3) is 5.89. The minimum absolute atomic E-state index is 0.00525. The monoisotopic (exact) mass is 440 g/mol. The van der Waals surface area contributed by atoms with Crippen LogP contribution in [0.1, 0.15) is 37.2 Å². The Balaban J connectivity index is 1.66. The number of hydrogen-bond donors (Lipinski definition) is 1. The number of thioether (sulfide) groups is 2. The molecule has 1 unspecified atom stereocenters. The number of benzene rings is 2. The van der Waals surface area contributed by atoms with Crippen LogP contribution in [0.2, 0.25) is 0 Å². The summed E-state index contributed by atoms with van der Waals surface area (Å²) in [6.45, 7) is 8.98. The van der Waals surface area contributed by atoms with Gasteiger partial charge < -0.3 is 9.88 Å². The quantitative estimate of drug-likeness (QED) is 0.431. The lowest BCUT2D eigenvalue weighted by molar-refractivity contribution is -0.115. The fraction of sp³-hybridized carbons (Fsp3) is 0.348. The number of aromatic nitrogens is 3. The number of nitrogens with one attached hydrogen (secondary N) is 1. The molecule has 0 saturated heterocycles. The van der Waals surface area contributed by atoms with E-state index in [1.165, 1.54) is 22.2 Å². The summed E-state index contributed by atoms with van der Waals surface area (Å²) in [7, 11) is 0. The second-order valence-corrected chi connectivity index (χ2v) is 9.34. The van der Waals surface area contributed by atoms with Crippen molar-refractivity contribution < 1.29 is 4.79 Å². The SMILES string of the molecule is CCC(Sc1nnc(CSc2ccc(C)cc2)n1CC)C(=O)Nc1cccc(C)c1. The average Bonchev–Trinajstić information content (AvgIpc) is 3.13. The molecule has 30 heavy (non-hydrogen) atoms. The van der Waals surface area contributed by atoms with Crippen LogP contribution in [0.25, 0.3) is 0 Å². The Morgan fingerprint density at radius 3 is 2.50 bits per heavy atom. The van der Waals surface area contributed by atoms with Crippen molar-refractivity contribution in [3.05, 3.63) is 65.5 Å². The van der Waals surface area contributed by atoms with Gasteiger partial charge in [-0.05, 0) is 57.0 Å². The summed E-state index contributed by atoms with van der Waals surface area (Å²) in [6.07, 6.45) is 0.715. The van der Waals surface area contributed by atoms with E-state index in [1.54, 1.807) is 11.8 Å². The molecule has 2 aromatic carbocycles. The number of hydrogen-bond acceptors (Lipinski definition) is 5. The van der Waals surface area contributed by atoms with Gasteiger partial charge in [0.1, 0.15) is 5.82 Å². The molecule has 1 heterocycles. The highest BCUT2D eigenvalue weighted by Crippen LogP contribution is 2.28. The van der Waals surface area contributed by atoms with Crippen molar-refractivity contribution in [1.82, 2.24) is 14.8 Å². The van der Waals surface area contributed by atoms with E-state index in [1.807, 2.05) is 38.1 Å². The number of anilines is 1. The van der Waals surface area contributed by atoms with Crippen molar-refractivity contribution in [2.24, 2.45) is 0 Å². The van der Waals surface area contributed by atoms with E-state index in [0.29, 0.717) is 6.42 Å². The lowest BCUT2D eigenvalue weighted by Crippen LogP contribution is -2.25. The van der Waals surface area contributed by atoms with Crippen molar-refractivity contribution in [2.45, 2.75) is 61.7 Å². The van der Waals surface area contributed by atoms with Gasteiger partial charge in [-0.1, -0.05) is 48.5 Å². The number of carbonyl (C=O) groups is 1. The largest absolute Gasteiger partial charge is 0.325 e. The van der Waals surface area contributed by atoms with Gasteiger partial charge in [0, 0.05) is 17.1 Å². The molecule has 0 aliphatic rings. The second-order valence-electron chi connectivity index (χ2n) is 7.12. The molecular formula is C23H28N4OS2. The topological polar surface area (TPSA) is 59.8 Å². The number of rotatable bonds is 9. The molecular weight excluding hydrogens is 412 g/mol. The van der Waals surface area contributed by atoms with Gasteiger partial charge in [-0.15, -0.1) is 22.0 Å². The highest BCUT2D eigenvalue weighted by atomic mass is 32.2. The van der Waals surface area contributed by atoms with Crippen LogP contribution in [0.5, 0.6) is 0 Å². The van der Waals surface area contributed by atoms with Gasteiger partial charge >= 0.3 is 0 Å². The van der Waals surface area contributed by atoms with Crippen molar-refractivity contribution in [3.8, 4) is 0 Å². The lowest BCUT2D eigenvalue weighted by atomic mass is 10.2. The van der Waals surface area contributed by atoms with Gasteiger partial charge in [-0.3, -0.25) is 4.79 Å². The number of carbonyl (C=O) groups excluding carboxylic acids is 1. The fourth-order valence-corrected chi connectivity index (χ4v) is 4.88. The van der Waals surface area contributed by atoms with Crippen molar-refractivity contribution in [2.75, 3.05) is 5.32 Å². The number of aryl methyl sites for hydroxylation is 2. The van der Waals surface area contributed by atoms with Crippen LogP contribution in [0, 0.1) is 13.8 Å². The van der Waals surface area contributed by atoms with Gasteiger partial charge in [-0.2, -0.15) is 0 Å². The molecule has 3 aromatic rings. The molecule has 0 aliphatic heterocycles. The Labute approximate surface area is 187 Å². The van der Waals surface area contributed by atoms with E-state index in [0.717, 1.165) is 34.5 Å². The molecule has 1 aromatic heterocycles. The van der Waals surface area contributed by atoms with Crippen LogP contribution >= 0.6 is 23.5 Å². The maximum absolute atomic E-state index is 12.8. The lowest BCUT2D eigenvalue weighted by Gasteiger charge is -2.15. The van der Waals surface area contributed by atoms with Gasteiger partial charge in [0.25, 0.3) is 0 Å². The van der Waals surface area contributed by atoms with Crippen molar-refractivity contribution >= 4 is 35.1 Å². The Hall–Kier alpha value is -2.25. The molecule has 5 nitrogen and oxygen atoms in total. The third-order valence-corrected chi connectivity index (χ3v) is 7.05. The maximum atomic E-state index is 12.8. The van der Waals surface area contributed by atoms with Crippen LogP contribution in [-0.2, 0) is 17.1 Å². The van der Waals surface area contributed by atoms with E-state index >= 15 is 0 Å². The summed E-state index contributed by atoms with van der Waals surface area (Å²) in [6, 6.07) is 16.4. The maximum Gasteiger partial charge on any atom is 0.237 e. The Morgan fingerprint density at radius 1 is 1.07 bits per heavy atom. The summed E-state index contributed by atoms with van der Waals surface area (Å²) in [5, 5.41) is 12.4. The molecule has 0 fully saturated rings. The highest BCUT2D eigenvalue weighted by molar-refractivity contribution is 8.00. The van der Waals surface area contributed by atoms with E-state index in [-0.39, 0.29) is 11.2 Å². The second kappa shape index (κ2) is 10.7. The fourth-order valence-electron chi connectivity index (χ4n) is 3.01. The summed E-state index contributed by atoms with van der Waals surface area (Å²) >= 11 is 3.23. The Morgan fingerprint density at radius 2 is 1.83 bits per heavy atom. The van der Waals surface area contributed by atoms with E-state index in [2.05, 4.69) is 58.2 Å². The summed E-state index contributed by atoms with van der Waals surface area (Å²) in [5.74, 6) is 1.67. The van der Waals surface area contributed by atoms with Gasteiger partial charge in [-0.25, -0.2) is 0 Å². The zero-order chi connectivity index (χ0) is 21.5. The van der Waals surface area contributed by atoms with Crippen molar-refractivity contribution in [3.63, 3.8) is 0 Å². The number of nitrogens with zero attached hydrogens (tertiary/aromatic N) is 3. The van der Waals surface area contributed by atoms with E-state index in [4.69, 9.17) is 0 Å². The first-order valence-electron chi connectivity index (χ1n) is 10.2. The first kappa shape index (κ1) is 22.4. The summed E-state index contributed by atoms with van der Waals surface area (Å²) in [5.41, 5.74) is 3.20. The molecule has 1 N–H and O–H groups in total. The first-order chi connectivity index (χ1) is 14.5. The minimum Gasteiger partial charge on any atom is -0.325 e. The summed E-state index contributed by atoms with van der Waals surface area (Å²) < 4.78 is 2.11. The normalized spacial score (nSPS) is 12.0. The van der Waals surface area contributed by atoms with E-state index < -0.39 is 0 Å². The van der Waals surface area contributed by atoms with Crippen LogP contribution in [0.3, 0.4) is 0 Å². The third-order valence-electron chi connectivity index (χ3n) is 4.70. The van der Waals surface area contributed by atoms with Crippen LogP contribution in [-0.4, -0.2) is 25.9 Å². The minimum atomic E-state index is -0.224. The van der Waals surface area contributed by atoms with Crippen LogP contribution in [0.15, 0.2) is 58.6 Å². The predicted octanol–water partition coefficient (Wildman–Crippen LogP) is 5.72. The zero-order valence-electron chi connectivity index (χ0n) is 17.9. The molecule has 7 heteroatoms. The molecule has 0 radical (unpaired) electrons. The Kier molecular flexibility index (Phi) is 7.99. The predicted molar refractivity (Wildman–Crippen MR) is 126 cm³/mol. The summed E-state index contributed by atoms with van der Waals surface area (Å²) in [4.78, 5) is 14.0. The van der Waals surface area contributed by atoms with E-state index in [9.17, 15) is 4.79 Å². The smallest absolute Gasteiger partial charge is 0.237 e. The molecule has 0 spiro atoms. The first-order valence-corrected chi connectivity index (χ1v) is 12.0. The van der Waals surface area contributed by atoms with Gasteiger partial charge in [0.15, 0.2) is 5.16 Å². The molecule has 0 saturated carbocycles. The molecule has 0 bridgehead atoms. The standard InChI is InChI=1S/C23H28N4OS2/c1-5-20(22(28)24-18-9-7-8-17(4)14-18)30-23-26-25-21(27(23)6-2)15-29-19-12-10-16(3)11-13-19/h7-14,20H,5-6,15H2,1-4H3,(H,24,28). The molecule has 3 rings (SSSR count).